The van der Waals surface area contributed by atoms with Crippen LogP contribution in [0.2, 0.25) is 0 Å². The average Bonchev–Trinajstić information content (AvgIpc) is 3.10. The number of carbonyl (C=O) groups excluding carboxylic acids is 2. The van der Waals surface area contributed by atoms with Gasteiger partial charge in [-0.15, -0.1) is 12.4 Å². The lowest BCUT2D eigenvalue weighted by Gasteiger charge is -2.18. The van der Waals surface area contributed by atoms with Gasteiger partial charge < -0.3 is 10.2 Å². The molecule has 1 saturated heterocycles. The number of likely N-dealkylation sites (tertiary alicyclic amines) is 1. The summed E-state index contributed by atoms with van der Waals surface area (Å²) >= 11 is 0. The SMILES string of the molecule is CNCC1CCN(C(=O)c2ccccc2C(=O)c2ccc(C)cc2)C1.Cl. The standard InChI is InChI=1S/C21H24N2O2.ClH/c1-15-7-9-17(10-8-15)20(24)18-5-3-4-6-19(18)21(25)23-12-11-16(14-23)13-22-2;/h3-10,16,22H,11-14H2,1-2H3;1H. The molecule has 1 amide bonds. The number of rotatable bonds is 5. The van der Waals surface area contributed by atoms with Gasteiger partial charge in [0, 0.05) is 24.2 Å². The summed E-state index contributed by atoms with van der Waals surface area (Å²) in [4.78, 5) is 27.7. The van der Waals surface area contributed by atoms with Crippen LogP contribution >= 0.6 is 12.4 Å². The molecule has 1 aliphatic rings. The number of halogens is 1. The van der Waals surface area contributed by atoms with Crippen molar-refractivity contribution in [1.82, 2.24) is 10.2 Å². The molecule has 1 N–H and O–H groups in total. The molecule has 2 aromatic rings. The minimum atomic E-state index is -0.102. The van der Waals surface area contributed by atoms with Gasteiger partial charge in [-0.05, 0) is 38.9 Å². The summed E-state index contributed by atoms with van der Waals surface area (Å²) in [5.74, 6) is 0.332. The Morgan fingerprint density at radius 2 is 1.73 bits per heavy atom. The maximum Gasteiger partial charge on any atom is 0.254 e. The number of hydrogen-bond acceptors (Lipinski definition) is 3. The quantitative estimate of drug-likeness (QED) is 0.819. The minimum absolute atomic E-state index is 0. The average molecular weight is 373 g/mol. The van der Waals surface area contributed by atoms with E-state index in [2.05, 4.69) is 5.32 Å². The number of ketones is 1. The lowest BCUT2D eigenvalue weighted by molar-refractivity contribution is 0.0782. The Morgan fingerprint density at radius 3 is 2.38 bits per heavy atom. The molecule has 0 bridgehead atoms. The fourth-order valence-electron chi connectivity index (χ4n) is 3.37. The van der Waals surface area contributed by atoms with Crippen molar-refractivity contribution in [2.24, 2.45) is 5.92 Å². The molecule has 3 rings (SSSR count). The topological polar surface area (TPSA) is 49.4 Å². The van der Waals surface area contributed by atoms with Crippen molar-refractivity contribution in [3.63, 3.8) is 0 Å². The molecule has 0 saturated carbocycles. The monoisotopic (exact) mass is 372 g/mol. The number of aryl methyl sites for hydroxylation is 1. The van der Waals surface area contributed by atoms with E-state index in [1.807, 2.05) is 55.3 Å². The Bertz CT molecular complexity index is 774. The van der Waals surface area contributed by atoms with Crippen LogP contribution in [0, 0.1) is 12.8 Å². The molecule has 4 nitrogen and oxygen atoms in total. The zero-order chi connectivity index (χ0) is 17.8. The molecular formula is C21H25ClN2O2. The van der Waals surface area contributed by atoms with Crippen LogP contribution in [0.3, 0.4) is 0 Å². The van der Waals surface area contributed by atoms with Crippen LogP contribution in [-0.2, 0) is 0 Å². The summed E-state index contributed by atoms with van der Waals surface area (Å²) in [5, 5.41) is 3.17. The molecule has 0 radical (unpaired) electrons. The van der Waals surface area contributed by atoms with Gasteiger partial charge in [-0.2, -0.15) is 0 Å². The first kappa shape index (κ1) is 20.1. The van der Waals surface area contributed by atoms with Gasteiger partial charge in [0.05, 0.1) is 5.56 Å². The molecule has 138 valence electrons. The molecule has 1 heterocycles. The summed E-state index contributed by atoms with van der Waals surface area (Å²) in [7, 11) is 1.93. The second-order valence-corrected chi connectivity index (χ2v) is 6.70. The van der Waals surface area contributed by atoms with Gasteiger partial charge in [-0.25, -0.2) is 0 Å². The van der Waals surface area contributed by atoms with Gasteiger partial charge in [0.25, 0.3) is 5.91 Å². The van der Waals surface area contributed by atoms with Gasteiger partial charge in [-0.1, -0.05) is 48.0 Å². The van der Waals surface area contributed by atoms with Crippen molar-refractivity contribution in [1.29, 1.82) is 0 Å². The third-order valence-corrected chi connectivity index (χ3v) is 4.78. The van der Waals surface area contributed by atoms with Crippen molar-refractivity contribution in [3.05, 3.63) is 70.8 Å². The number of benzene rings is 2. The van der Waals surface area contributed by atoms with Crippen LogP contribution in [0.25, 0.3) is 0 Å². The van der Waals surface area contributed by atoms with E-state index in [9.17, 15) is 9.59 Å². The van der Waals surface area contributed by atoms with Crippen LogP contribution in [0.4, 0.5) is 0 Å². The third kappa shape index (κ3) is 4.32. The highest BCUT2D eigenvalue weighted by Gasteiger charge is 2.28. The highest BCUT2D eigenvalue weighted by molar-refractivity contribution is 6.15. The summed E-state index contributed by atoms with van der Waals surface area (Å²) in [6.45, 7) is 4.39. The minimum Gasteiger partial charge on any atom is -0.338 e. The fraction of sp³-hybridized carbons (Fsp3) is 0.333. The Labute approximate surface area is 161 Å². The first-order valence-electron chi connectivity index (χ1n) is 8.74. The van der Waals surface area contributed by atoms with Crippen molar-refractivity contribution >= 4 is 24.1 Å². The molecule has 26 heavy (non-hydrogen) atoms. The third-order valence-electron chi connectivity index (χ3n) is 4.78. The van der Waals surface area contributed by atoms with Gasteiger partial charge in [0.2, 0.25) is 0 Å². The van der Waals surface area contributed by atoms with Crippen LogP contribution in [0.5, 0.6) is 0 Å². The predicted molar refractivity (Wildman–Crippen MR) is 106 cm³/mol. The summed E-state index contributed by atoms with van der Waals surface area (Å²) in [6.07, 6.45) is 1.00. The van der Waals surface area contributed by atoms with E-state index in [1.165, 1.54) is 0 Å². The second-order valence-electron chi connectivity index (χ2n) is 6.70. The molecule has 1 unspecified atom stereocenters. The molecule has 0 aliphatic carbocycles. The smallest absolute Gasteiger partial charge is 0.254 e. The Morgan fingerprint density at radius 1 is 1.08 bits per heavy atom. The van der Waals surface area contributed by atoms with Gasteiger partial charge in [0.15, 0.2) is 5.78 Å². The van der Waals surface area contributed by atoms with E-state index < -0.39 is 0 Å². The van der Waals surface area contributed by atoms with Gasteiger partial charge in [-0.3, -0.25) is 9.59 Å². The lowest BCUT2D eigenvalue weighted by Crippen LogP contribution is -2.31. The molecule has 2 aromatic carbocycles. The normalized spacial score (nSPS) is 16.2. The van der Waals surface area contributed by atoms with E-state index in [1.54, 1.807) is 12.1 Å². The zero-order valence-electron chi connectivity index (χ0n) is 15.2. The molecule has 0 spiro atoms. The van der Waals surface area contributed by atoms with Crippen LogP contribution in [0.1, 0.15) is 38.3 Å². The first-order chi connectivity index (χ1) is 12.1. The second kappa shape index (κ2) is 8.97. The molecule has 5 heteroatoms. The maximum atomic E-state index is 13.0. The van der Waals surface area contributed by atoms with Crippen LogP contribution in [-0.4, -0.2) is 43.3 Å². The largest absolute Gasteiger partial charge is 0.338 e. The number of nitrogens with one attached hydrogen (secondary N) is 1. The zero-order valence-corrected chi connectivity index (χ0v) is 16.0. The van der Waals surface area contributed by atoms with E-state index in [-0.39, 0.29) is 24.1 Å². The van der Waals surface area contributed by atoms with Gasteiger partial charge >= 0.3 is 0 Å². The Hall–Kier alpha value is -2.17. The highest BCUT2D eigenvalue weighted by Crippen LogP contribution is 2.22. The Kier molecular flexibility index (Phi) is 6.95. The molecular weight excluding hydrogens is 348 g/mol. The maximum absolute atomic E-state index is 13.0. The van der Waals surface area contributed by atoms with Crippen molar-refractivity contribution < 1.29 is 9.59 Å². The first-order valence-corrected chi connectivity index (χ1v) is 8.74. The van der Waals surface area contributed by atoms with Crippen LogP contribution in [0.15, 0.2) is 48.5 Å². The molecule has 0 aromatic heterocycles. The number of nitrogens with zero attached hydrogens (tertiary/aromatic N) is 1. The van der Waals surface area contributed by atoms with Crippen molar-refractivity contribution in [3.8, 4) is 0 Å². The van der Waals surface area contributed by atoms with Crippen LogP contribution < -0.4 is 5.32 Å². The number of amides is 1. The Balaban J connectivity index is 0.00000243. The van der Waals surface area contributed by atoms with Crippen molar-refractivity contribution in [2.45, 2.75) is 13.3 Å². The predicted octanol–water partition coefficient (Wildman–Crippen LogP) is 3.33. The summed E-state index contributed by atoms with van der Waals surface area (Å²) < 4.78 is 0. The number of hydrogen-bond donors (Lipinski definition) is 1. The van der Waals surface area contributed by atoms with E-state index in [0.717, 1.165) is 31.6 Å². The van der Waals surface area contributed by atoms with Gasteiger partial charge in [0.1, 0.15) is 0 Å². The van der Waals surface area contributed by atoms with E-state index in [4.69, 9.17) is 0 Å². The highest BCUT2D eigenvalue weighted by atomic mass is 35.5. The summed E-state index contributed by atoms with van der Waals surface area (Å²) in [6, 6.07) is 14.6. The molecule has 1 atom stereocenters. The fourth-order valence-corrected chi connectivity index (χ4v) is 3.37. The van der Waals surface area contributed by atoms with E-state index in [0.29, 0.717) is 22.6 Å². The number of carbonyl (C=O) groups is 2. The summed E-state index contributed by atoms with van der Waals surface area (Å²) in [5.41, 5.74) is 2.69. The molecule has 1 fully saturated rings. The molecule has 1 aliphatic heterocycles. The van der Waals surface area contributed by atoms with Crippen molar-refractivity contribution in [2.75, 3.05) is 26.7 Å². The lowest BCUT2D eigenvalue weighted by atomic mass is 9.97. The van der Waals surface area contributed by atoms with E-state index >= 15 is 0 Å².